The molecule has 1 aliphatic heterocycles. The van der Waals surface area contributed by atoms with E-state index in [9.17, 15) is 9.59 Å². The van der Waals surface area contributed by atoms with Crippen molar-refractivity contribution in [2.75, 3.05) is 18.0 Å². The highest BCUT2D eigenvalue weighted by Gasteiger charge is 2.24. The van der Waals surface area contributed by atoms with Gasteiger partial charge in [0.1, 0.15) is 5.65 Å². The van der Waals surface area contributed by atoms with Crippen molar-refractivity contribution in [3.63, 3.8) is 0 Å². The predicted molar refractivity (Wildman–Crippen MR) is 97.4 cm³/mol. The molecule has 3 aromatic heterocycles. The maximum Gasteiger partial charge on any atom is 0.293 e. The van der Waals surface area contributed by atoms with Crippen LogP contribution >= 0.6 is 0 Å². The first-order valence-corrected chi connectivity index (χ1v) is 8.62. The molecule has 0 radical (unpaired) electrons. The first-order valence-electron chi connectivity index (χ1n) is 8.62. The second kappa shape index (κ2) is 6.62. The molecule has 26 heavy (non-hydrogen) atoms. The van der Waals surface area contributed by atoms with E-state index < -0.39 is 0 Å². The lowest BCUT2D eigenvalue weighted by molar-refractivity contribution is 0.0933. The van der Waals surface area contributed by atoms with E-state index in [4.69, 9.17) is 0 Å². The minimum absolute atomic E-state index is 0.0288. The molecule has 1 fully saturated rings. The molecule has 0 bridgehead atoms. The Labute approximate surface area is 150 Å². The van der Waals surface area contributed by atoms with E-state index in [1.165, 1.54) is 4.57 Å². The van der Waals surface area contributed by atoms with Crippen molar-refractivity contribution in [2.45, 2.75) is 18.9 Å². The zero-order chi connectivity index (χ0) is 18.1. The Kier molecular flexibility index (Phi) is 4.16. The van der Waals surface area contributed by atoms with Gasteiger partial charge in [-0.05, 0) is 25.0 Å². The number of piperidine rings is 1. The zero-order valence-electron chi connectivity index (χ0n) is 14.5. The number of nitrogens with zero attached hydrogens (tertiary/aromatic N) is 5. The van der Waals surface area contributed by atoms with Crippen LogP contribution < -0.4 is 15.8 Å². The molecule has 0 saturated carbocycles. The molecule has 1 unspecified atom stereocenters. The summed E-state index contributed by atoms with van der Waals surface area (Å²) in [7, 11) is 1.71. The third-order valence-corrected chi connectivity index (χ3v) is 4.71. The summed E-state index contributed by atoms with van der Waals surface area (Å²) in [6.45, 7) is 1.34. The zero-order valence-corrected chi connectivity index (χ0v) is 14.5. The summed E-state index contributed by atoms with van der Waals surface area (Å²) in [4.78, 5) is 35.3. The molecule has 8 nitrogen and oxygen atoms in total. The number of imidazole rings is 1. The SMILES string of the molecule is Cn1ccnc(N2CCCC(NC(=O)c3ccn4ccnc4c3)C2)c1=O. The van der Waals surface area contributed by atoms with Crippen LogP contribution in [0.5, 0.6) is 0 Å². The molecule has 8 heteroatoms. The van der Waals surface area contributed by atoms with Crippen LogP contribution in [0.4, 0.5) is 5.82 Å². The topological polar surface area (TPSA) is 84.5 Å². The van der Waals surface area contributed by atoms with Crippen molar-refractivity contribution in [1.82, 2.24) is 24.3 Å². The Balaban J connectivity index is 1.48. The maximum absolute atomic E-state index is 12.6. The average Bonchev–Trinajstić information content (AvgIpc) is 3.12. The molecule has 134 valence electrons. The summed E-state index contributed by atoms with van der Waals surface area (Å²) in [6.07, 6.45) is 10.4. The van der Waals surface area contributed by atoms with Gasteiger partial charge in [-0.25, -0.2) is 9.97 Å². The Bertz CT molecular complexity index is 1010. The van der Waals surface area contributed by atoms with E-state index in [2.05, 4.69) is 15.3 Å². The van der Waals surface area contributed by atoms with Gasteiger partial charge in [-0.1, -0.05) is 0 Å². The van der Waals surface area contributed by atoms with Gasteiger partial charge >= 0.3 is 0 Å². The molecule has 0 aromatic carbocycles. The van der Waals surface area contributed by atoms with E-state index in [0.29, 0.717) is 17.9 Å². The molecule has 1 N–H and O–H groups in total. The van der Waals surface area contributed by atoms with Crippen molar-refractivity contribution >= 4 is 17.4 Å². The number of amides is 1. The van der Waals surface area contributed by atoms with Crippen LogP contribution in [-0.2, 0) is 7.05 Å². The fraction of sp³-hybridized carbons (Fsp3) is 0.333. The van der Waals surface area contributed by atoms with Crippen LogP contribution in [0, 0.1) is 0 Å². The summed E-state index contributed by atoms with van der Waals surface area (Å²) < 4.78 is 3.38. The number of aromatic nitrogens is 4. The molecule has 1 amide bonds. The minimum Gasteiger partial charge on any atom is -0.350 e. The number of nitrogens with one attached hydrogen (secondary N) is 1. The second-order valence-electron chi connectivity index (χ2n) is 6.53. The Morgan fingerprint density at radius 1 is 1.23 bits per heavy atom. The number of carbonyl (C=O) groups is 1. The highest BCUT2D eigenvalue weighted by molar-refractivity contribution is 5.95. The van der Waals surface area contributed by atoms with Crippen molar-refractivity contribution in [3.05, 3.63) is 59.0 Å². The Morgan fingerprint density at radius 2 is 2.08 bits per heavy atom. The van der Waals surface area contributed by atoms with Gasteiger partial charge in [-0.2, -0.15) is 0 Å². The number of fused-ring (bicyclic) bond motifs is 1. The third kappa shape index (κ3) is 3.05. The fourth-order valence-electron chi connectivity index (χ4n) is 3.31. The molecule has 3 aromatic rings. The van der Waals surface area contributed by atoms with E-state index in [1.54, 1.807) is 37.8 Å². The number of carbonyl (C=O) groups excluding carboxylic acids is 1. The highest BCUT2D eigenvalue weighted by atomic mass is 16.2. The van der Waals surface area contributed by atoms with Gasteiger partial charge in [0, 0.05) is 62.7 Å². The predicted octanol–water partition coefficient (Wildman–Crippen LogP) is 0.827. The molecule has 1 aliphatic rings. The lowest BCUT2D eigenvalue weighted by Gasteiger charge is -2.33. The van der Waals surface area contributed by atoms with Gasteiger partial charge in [0.15, 0.2) is 5.82 Å². The van der Waals surface area contributed by atoms with E-state index in [0.717, 1.165) is 25.0 Å². The highest BCUT2D eigenvalue weighted by Crippen LogP contribution is 2.15. The van der Waals surface area contributed by atoms with Crippen molar-refractivity contribution in [2.24, 2.45) is 7.05 Å². The monoisotopic (exact) mass is 352 g/mol. The van der Waals surface area contributed by atoms with Crippen molar-refractivity contribution < 1.29 is 4.79 Å². The Morgan fingerprint density at radius 3 is 2.96 bits per heavy atom. The van der Waals surface area contributed by atoms with Gasteiger partial charge in [-0.15, -0.1) is 0 Å². The number of hydrogen-bond donors (Lipinski definition) is 1. The molecule has 4 rings (SSSR count). The van der Waals surface area contributed by atoms with E-state index >= 15 is 0 Å². The molecule has 0 aliphatic carbocycles. The summed E-state index contributed by atoms with van der Waals surface area (Å²) in [5.74, 6) is 0.309. The molecule has 4 heterocycles. The van der Waals surface area contributed by atoms with Gasteiger partial charge < -0.3 is 19.2 Å². The number of hydrogen-bond acceptors (Lipinski definition) is 5. The lowest BCUT2D eigenvalue weighted by atomic mass is 10.1. The van der Waals surface area contributed by atoms with Crippen LogP contribution in [0.2, 0.25) is 0 Å². The second-order valence-corrected chi connectivity index (χ2v) is 6.53. The summed E-state index contributed by atoms with van der Waals surface area (Å²) in [6, 6.07) is 3.52. The molecule has 0 spiro atoms. The molecular formula is C18H20N6O2. The number of aryl methyl sites for hydroxylation is 1. The molecular weight excluding hydrogens is 332 g/mol. The van der Waals surface area contributed by atoms with Gasteiger partial charge in [0.2, 0.25) is 0 Å². The van der Waals surface area contributed by atoms with Gasteiger partial charge in [0.05, 0.1) is 0 Å². The quantitative estimate of drug-likeness (QED) is 0.755. The number of anilines is 1. The van der Waals surface area contributed by atoms with Crippen LogP contribution in [-0.4, -0.2) is 44.0 Å². The summed E-state index contributed by atoms with van der Waals surface area (Å²) >= 11 is 0. The first-order chi connectivity index (χ1) is 12.6. The minimum atomic E-state index is -0.128. The smallest absolute Gasteiger partial charge is 0.293 e. The summed E-state index contributed by atoms with van der Waals surface area (Å²) in [5, 5.41) is 3.07. The standard InChI is InChI=1S/C18H20N6O2/c1-22-9-5-20-16(18(22)26)24-7-2-3-14(12-24)21-17(25)13-4-8-23-10-6-19-15(23)11-13/h4-6,8-11,14H,2-3,7,12H2,1H3,(H,21,25). The van der Waals surface area contributed by atoms with Crippen LogP contribution in [0.3, 0.4) is 0 Å². The van der Waals surface area contributed by atoms with Crippen LogP contribution in [0.1, 0.15) is 23.2 Å². The molecule has 1 saturated heterocycles. The van der Waals surface area contributed by atoms with Gasteiger partial charge in [-0.3, -0.25) is 9.59 Å². The summed E-state index contributed by atoms with van der Waals surface area (Å²) in [5.41, 5.74) is 1.19. The average molecular weight is 352 g/mol. The third-order valence-electron chi connectivity index (χ3n) is 4.71. The van der Waals surface area contributed by atoms with Crippen LogP contribution in [0.25, 0.3) is 5.65 Å². The van der Waals surface area contributed by atoms with E-state index in [1.807, 2.05) is 21.7 Å². The largest absolute Gasteiger partial charge is 0.350 e. The Hall–Kier alpha value is -3.16. The fourth-order valence-corrected chi connectivity index (χ4v) is 3.31. The van der Waals surface area contributed by atoms with Crippen molar-refractivity contribution in [1.29, 1.82) is 0 Å². The number of pyridine rings is 1. The number of rotatable bonds is 3. The maximum atomic E-state index is 12.6. The van der Waals surface area contributed by atoms with Gasteiger partial charge in [0.25, 0.3) is 11.5 Å². The first kappa shape index (κ1) is 16.3. The lowest BCUT2D eigenvalue weighted by Crippen LogP contribution is -2.49. The van der Waals surface area contributed by atoms with E-state index in [-0.39, 0.29) is 17.5 Å². The van der Waals surface area contributed by atoms with Crippen LogP contribution in [0.15, 0.2) is 47.9 Å². The van der Waals surface area contributed by atoms with Crippen molar-refractivity contribution in [3.8, 4) is 0 Å². The molecule has 1 atom stereocenters. The normalized spacial score (nSPS) is 17.4.